The Labute approximate surface area is 274 Å². The van der Waals surface area contributed by atoms with E-state index in [0.717, 1.165) is 9.13 Å². The third-order valence-corrected chi connectivity index (χ3v) is 9.13. The standard InChI is InChI=1S/C30H40IN3O11/c1-15(36)21(26(38)32-18(13-35)8-9-20(37)44-29(2,3)4)33-28(40)30-11-19-22-23(42-14-41-22)25(30)45-34(24(30)27(39)43-19)12-16-6-5-7-17(31)10-16/h5-7,10,15,18-19,21-25,35-36H,8-9,11-14H2,1-4H3,(H,32,38)(H,33,40)/t15-,18-,19+,21+,22-,23-,24-,25+,30-/m0/s1. The van der Waals surface area contributed by atoms with Gasteiger partial charge in [-0.1, -0.05) is 12.1 Å². The van der Waals surface area contributed by atoms with Gasteiger partial charge in [-0.05, 0) is 74.4 Å². The molecule has 3 heterocycles. The highest BCUT2D eigenvalue weighted by atomic mass is 127. The van der Waals surface area contributed by atoms with E-state index in [2.05, 4.69) is 33.2 Å². The summed E-state index contributed by atoms with van der Waals surface area (Å²) in [7, 11) is 0. The molecule has 14 nitrogen and oxygen atoms in total. The van der Waals surface area contributed by atoms with E-state index < -0.39 is 90.0 Å². The van der Waals surface area contributed by atoms with Crippen LogP contribution in [0.4, 0.5) is 0 Å². The summed E-state index contributed by atoms with van der Waals surface area (Å²) in [5, 5.41) is 27.2. The lowest BCUT2D eigenvalue weighted by Gasteiger charge is -2.49. The Morgan fingerprint density at radius 1 is 1.20 bits per heavy atom. The maximum Gasteiger partial charge on any atom is 0.327 e. The van der Waals surface area contributed by atoms with E-state index in [-0.39, 0.29) is 32.6 Å². The van der Waals surface area contributed by atoms with Crippen LogP contribution in [0.5, 0.6) is 0 Å². The molecule has 0 unspecified atom stereocenters. The number of nitrogens with one attached hydrogen (secondary N) is 2. The molecule has 15 heteroatoms. The number of halogens is 1. The number of hydroxylamine groups is 2. The fraction of sp³-hybridized carbons (Fsp3) is 0.667. The van der Waals surface area contributed by atoms with Gasteiger partial charge in [0, 0.05) is 16.4 Å². The zero-order valence-electron chi connectivity index (χ0n) is 25.6. The average Bonchev–Trinajstić information content (AvgIpc) is 3.57. The minimum atomic E-state index is -1.53. The number of carbonyl (C=O) groups excluding carboxylic acids is 4. The van der Waals surface area contributed by atoms with Gasteiger partial charge in [-0.15, -0.1) is 0 Å². The van der Waals surface area contributed by atoms with Gasteiger partial charge in [-0.2, -0.15) is 5.06 Å². The third kappa shape index (κ3) is 6.99. The minimum Gasteiger partial charge on any atom is -0.460 e. The number of rotatable bonds is 11. The smallest absolute Gasteiger partial charge is 0.327 e. The molecule has 0 radical (unpaired) electrons. The van der Waals surface area contributed by atoms with Crippen molar-refractivity contribution in [3.8, 4) is 0 Å². The van der Waals surface area contributed by atoms with Gasteiger partial charge in [-0.3, -0.25) is 24.0 Å². The number of fused-ring (bicyclic) bond motifs is 4. The number of hydrogen-bond donors (Lipinski definition) is 4. The Morgan fingerprint density at radius 2 is 1.93 bits per heavy atom. The van der Waals surface area contributed by atoms with Crippen LogP contribution in [0.2, 0.25) is 0 Å². The van der Waals surface area contributed by atoms with Gasteiger partial charge in [0.1, 0.15) is 48.3 Å². The summed E-state index contributed by atoms with van der Waals surface area (Å²) in [6.45, 7) is 6.16. The van der Waals surface area contributed by atoms with Gasteiger partial charge in [0.15, 0.2) is 6.04 Å². The molecule has 0 aromatic heterocycles. The van der Waals surface area contributed by atoms with Crippen LogP contribution in [0.3, 0.4) is 0 Å². The second-order valence-corrected chi connectivity index (χ2v) is 14.2. The molecule has 9 atom stereocenters. The van der Waals surface area contributed by atoms with E-state index in [1.807, 2.05) is 24.3 Å². The molecule has 1 saturated carbocycles. The summed E-state index contributed by atoms with van der Waals surface area (Å²) in [6.07, 6.45) is -4.39. The molecule has 2 bridgehead atoms. The van der Waals surface area contributed by atoms with E-state index in [1.54, 1.807) is 20.8 Å². The monoisotopic (exact) mass is 745 g/mol. The first-order valence-electron chi connectivity index (χ1n) is 15.0. The summed E-state index contributed by atoms with van der Waals surface area (Å²) in [5.74, 6) is -2.61. The Kier molecular flexibility index (Phi) is 10.1. The molecule has 5 rings (SSSR count). The molecule has 0 spiro atoms. The highest BCUT2D eigenvalue weighted by Gasteiger charge is 2.74. The predicted molar refractivity (Wildman–Crippen MR) is 163 cm³/mol. The first-order valence-corrected chi connectivity index (χ1v) is 16.0. The maximum atomic E-state index is 14.4. The lowest BCUT2D eigenvalue weighted by molar-refractivity contribution is -0.201. The van der Waals surface area contributed by atoms with Crippen molar-refractivity contribution in [2.75, 3.05) is 13.4 Å². The number of nitrogens with zero attached hydrogens (tertiary/aromatic N) is 1. The minimum absolute atomic E-state index is 0.0521. The zero-order chi connectivity index (χ0) is 32.7. The van der Waals surface area contributed by atoms with Gasteiger partial charge >= 0.3 is 11.9 Å². The molecule has 4 N–H and O–H groups in total. The number of aliphatic hydroxyl groups is 2. The van der Waals surface area contributed by atoms with Gasteiger partial charge in [0.05, 0.1) is 25.3 Å². The van der Waals surface area contributed by atoms with Crippen molar-refractivity contribution in [3.05, 3.63) is 33.4 Å². The van der Waals surface area contributed by atoms with E-state index in [9.17, 15) is 29.4 Å². The summed E-state index contributed by atoms with van der Waals surface area (Å²) >= 11 is 2.18. The second-order valence-electron chi connectivity index (χ2n) is 12.9. The summed E-state index contributed by atoms with van der Waals surface area (Å²) in [6, 6.07) is 4.14. The van der Waals surface area contributed by atoms with Crippen molar-refractivity contribution >= 4 is 46.3 Å². The van der Waals surface area contributed by atoms with Crippen molar-refractivity contribution in [2.45, 2.75) is 108 Å². The van der Waals surface area contributed by atoms with E-state index in [4.69, 9.17) is 23.8 Å². The van der Waals surface area contributed by atoms with Gasteiger partial charge in [0.2, 0.25) is 11.8 Å². The van der Waals surface area contributed by atoms with E-state index >= 15 is 0 Å². The van der Waals surface area contributed by atoms with Crippen LogP contribution in [-0.2, 0) is 49.5 Å². The second kappa shape index (κ2) is 13.4. The molecular formula is C30H40IN3O11. The predicted octanol–water partition coefficient (Wildman–Crippen LogP) is 0.297. The summed E-state index contributed by atoms with van der Waals surface area (Å²) in [5.41, 5.74) is -1.38. The number of aliphatic hydroxyl groups excluding tert-OH is 2. The summed E-state index contributed by atoms with van der Waals surface area (Å²) < 4.78 is 23.6. The molecule has 3 aliphatic heterocycles. The van der Waals surface area contributed by atoms with Crippen LogP contribution in [0.1, 0.15) is 52.5 Å². The Bertz CT molecular complexity index is 1310. The van der Waals surface area contributed by atoms with Crippen LogP contribution in [0, 0.1) is 8.99 Å². The topological polar surface area (TPSA) is 182 Å². The largest absolute Gasteiger partial charge is 0.460 e. The van der Waals surface area contributed by atoms with Crippen molar-refractivity contribution in [1.29, 1.82) is 0 Å². The van der Waals surface area contributed by atoms with Crippen LogP contribution < -0.4 is 10.6 Å². The average molecular weight is 746 g/mol. The molecule has 1 aromatic rings. The fourth-order valence-corrected chi connectivity index (χ4v) is 7.12. The summed E-state index contributed by atoms with van der Waals surface area (Å²) in [4.78, 5) is 59.8. The zero-order valence-corrected chi connectivity index (χ0v) is 27.7. The van der Waals surface area contributed by atoms with Crippen LogP contribution in [0.25, 0.3) is 0 Å². The fourth-order valence-electron chi connectivity index (χ4n) is 6.51. The van der Waals surface area contributed by atoms with Crippen molar-refractivity contribution < 1.29 is 53.2 Å². The molecule has 4 aliphatic rings. The molecular weight excluding hydrogens is 705 g/mol. The highest BCUT2D eigenvalue weighted by molar-refractivity contribution is 14.1. The highest BCUT2D eigenvalue weighted by Crippen LogP contribution is 2.55. The maximum absolute atomic E-state index is 14.4. The number of esters is 2. The van der Waals surface area contributed by atoms with Crippen LogP contribution in [-0.4, -0.2) is 107 Å². The Balaban J connectivity index is 1.36. The lowest BCUT2D eigenvalue weighted by atomic mass is 9.62. The van der Waals surface area contributed by atoms with Crippen molar-refractivity contribution in [2.24, 2.45) is 5.41 Å². The molecule has 1 aliphatic carbocycles. The normalized spacial score (nSPS) is 30.9. The number of amides is 2. The Hall–Kier alpha value is -2.41. The molecule has 3 saturated heterocycles. The van der Waals surface area contributed by atoms with Gasteiger partial charge in [0.25, 0.3) is 0 Å². The van der Waals surface area contributed by atoms with Crippen molar-refractivity contribution in [3.63, 3.8) is 0 Å². The molecule has 248 valence electrons. The molecule has 2 amide bonds. The van der Waals surface area contributed by atoms with Gasteiger partial charge in [-0.25, -0.2) is 0 Å². The van der Waals surface area contributed by atoms with Crippen molar-refractivity contribution in [1.82, 2.24) is 15.7 Å². The number of ether oxygens (including phenoxy) is 4. The van der Waals surface area contributed by atoms with Crippen LogP contribution >= 0.6 is 22.6 Å². The number of carbonyl (C=O) groups is 4. The molecule has 1 aromatic carbocycles. The van der Waals surface area contributed by atoms with E-state index in [0.29, 0.717) is 0 Å². The van der Waals surface area contributed by atoms with E-state index in [1.165, 1.54) is 12.0 Å². The first-order chi connectivity index (χ1) is 21.2. The number of benzene rings is 1. The first kappa shape index (κ1) is 33.9. The lowest BCUT2D eigenvalue weighted by Crippen LogP contribution is -2.71. The van der Waals surface area contributed by atoms with Gasteiger partial charge < -0.3 is 39.8 Å². The SMILES string of the molecule is C[C@H](O)[C@@H](NC(=O)[C@@]12C[C@H]3OC(=O)[C@@H]1N(Cc1cccc(I)c1)O[C@@H]2[C@H]1OCO[C@H]13)C(=O)N[C@H](CO)CCC(=O)OC(C)(C)C. The molecule has 4 fully saturated rings. The third-order valence-electron chi connectivity index (χ3n) is 8.46. The quantitative estimate of drug-likeness (QED) is 0.180. The van der Waals surface area contributed by atoms with Crippen LogP contribution in [0.15, 0.2) is 24.3 Å². The Morgan fingerprint density at radius 3 is 2.60 bits per heavy atom. The number of hydrogen-bond acceptors (Lipinski definition) is 12. The molecule has 45 heavy (non-hydrogen) atoms.